The van der Waals surface area contributed by atoms with Crippen molar-refractivity contribution in [3.05, 3.63) is 34.3 Å². The summed E-state index contributed by atoms with van der Waals surface area (Å²) in [5.74, 6) is -1.64. The molecule has 0 fully saturated rings. The second-order valence-electron chi connectivity index (χ2n) is 4.25. The molecule has 1 amide bonds. The summed E-state index contributed by atoms with van der Waals surface area (Å²) in [4.78, 5) is 22.4. The molecule has 0 bridgehead atoms. The lowest BCUT2D eigenvalue weighted by Gasteiger charge is -2.16. The van der Waals surface area contributed by atoms with Gasteiger partial charge in [0.15, 0.2) is 6.04 Å². The van der Waals surface area contributed by atoms with Gasteiger partial charge in [-0.15, -0.1) is 0 Å². The van der Waals surface area contributed by atoms with E-state index in [1.807, 2.05) is 24.3 Å². The molecule has 0 aromatic heterocycles. The quantitative estimate of drug-likeness (QED) is 0.734. The third-order valence-electron chi connectivity index (χ3n) is 2.59. The summed E-state index contributed by atoms with van der Waals surface area (Å²) in [5, 5.41) is 20.4. The first-order chi connectivity index (χ1) is 8.90. The summed E-state index contributed by atoms with van der Waals surface area (Å²) < 4.78 is 0.929. The lowest BCUT2D eigenvalue weighted by atomic mass is 10.1. The lowest BCUT2D eigenvalue weighted by Crippen LogP contribution is -2.47. The Labute approximate surface area is 119 Å². The van der Waals surface area contributed by atoms with Gasteiger partial charge in [-0.2, -0.15) is 0 Å². The van der Waals surface area contributed by atoms with Crippen LogP contribution in [-0.2, 0) is 16.0 Å². The summed E-state index contributed by atoms with van der Waals surface area (Å²) in [6.07, 6.45) is -0.447. The highest BCUT2D eigenvalue weighted by Crippen LogP contribution is 2.13. The van der Waals surface area contributed by atoms with Gasteiger partial charge < -0.3 is 15.5 Å². The van der Waals surface area contributed by atoms with E-state index in [1.165, 1.54) is 6.92 Å². The van der Waals surface area contributed by atoms with E-state index in [0.717, 1.165) is 10.0 Å². The normalized spacial score (nSPS) is 13.6. The molecule has 5 nitrogen and oxygen atoms in total. The smallest absolute Gasteiger partial charge is 0.328 e. The number of carboxylic acids is 1. The zero-order valence-corrected chi connectivity index (χ0v) is 12.1. The Balaban J connectivity index is 2.49. The van der Waals surface area contributed by atoms with Crippen LogP contribution in [0.5, 0.6) is 0 Å². The average molecular weight is 330 g/mol. The summed E-state index contributed by atoms with van der Waals surface area (Å²) in [5.41, 5.74) is 0.980. The van der Waals surface area contributed by atoms with Crippen molar-refractivity contribution in [2.75, 3.05) is 0 Å². The molecule has 1 aromatic rings. The lowest BCUT2D eigenvalue weighted by molar-refractivity contribution is -0.144. The van der Waals surface area contributed by atoms with Gasteiger partial charge in [-0.1, -0.05) is 28.1 Å². The van der Waals surface area contributed by atoms with E-state index >= 15 is 0 Å². The number of nitrogens with one attached hydrogen (secondary N) is 1. The topological polar surface area (TPSA) is 86.6 Å². The zero-order valence-electron chi connectivity index (χ0n) is 10.5. The number of aryl methyl sites for hydroxylation is 1. The van der Waals surface area contributed by atoms with Crippen LogP contribution in [-0.4, -0.2) is 34.2 Å². The fraction of sp³-hybridized carbons (Fsp3) is 0.385. The second kappa shape index (κ2) is 7.25. The molecule has 0 spiro atoms. The Morgan fingerprint density at radius 2 is 2.11 bits per heavy atom. The first-order valence-electron chi connectivity index (χ1n) is 5.85. The maximum atomic E-state index is 11.6. The van der Waals surface area contributed by atoms with Gasteiger partial charge in [0, 0.05) is 10.9 Å². The molecule has 0 unspecified atom stereocenters. The number of carbonyl (C=O) groups excluding carboxylic acids is 1. The molecule has 0 aliphatic rings. The van der Waals surface area contributed by atoms with Gasteiger partial charge in [0.2, 0.25) is 5.91 Å². The van der Waals surface area contributed by atoms with Crippen LogP contribution < -0.4 is 5.32 Å². The van der Waals surface area contributed by atoms with Crippen LogP contribution in [0.15, 0.2) is 28.7 Å². The predicted molar refractivity (Wildman–Crippen MR) is 73.7 cm³/mol. The maximum Gasteiger partial charge on any atom is 0.328 e. The van der Waals surface area contributed by atoms with Crippen molar-refractivity contribution in [2.45, 2.75) is 31.9 Å². The Kier molecular flexibility index (Phi) is 5.98. The third kappa shape index (κ3) is 5.40. The monoisotopic (exact) mass is 329 g/mol. The number of amides is 1. The number of hydrogen-bond acceptors (Lipinski definition) is 3. The Morgan fingerprint density at radius 3 is 2.63 bits per heavy atom. The standard InChI is InChI=1S/C13H16BrNO4/c1-8(16)12(13(18)19)15-11(17)6-5-9-3-2-4-10(14)7-9/h2-4,7-8,12,16H,5-6H2,1H3,(H,15,17)(H,18,19)/t8-,12+/m1/s1. The van der Waals surface area contributed by atoms with Gasteiger partial charge >= 0.3 is 5.97 Å². The van der Waals surface area contributed by atoms with E-state index < -0.39 is 24.0 Å². The molecule has 1 rings (SSSR count). The number of aliphatic hydroxyl groups excluding tert-OH is 1. The number of rotatable bonds is 6. The first-order valence-corrected chi connectivity index (χ1v) is 6.64. The molecule has 1 aromatic carbocycles. The van der Waals surface area contributed by atoms with Crippen molar-refractivity contribution in [1.82, 2.24) is 5.32 Å². The van der Waals surface area contributed by atoms with Crippen LogP contribution in [0.25, 0.3) is 0 Å². The molecule has 0 radical (unpaired) electrons. The molecule has 0 heterocycles. The van der Waals surface area contributed by atoms with Gasteiger partial charge in [0.05, 0.1) is 6.10 Å². The third-order valence-corrected chi connectivity index (χ3v) is 3.09. The molecule has 0 aliphatic carbocycles. The molecular weight excluding hydrogens is 314 g/mol. The number of aliphatic hydroxyl groups is 1. The zero-order chi connectivity index (χ0) is 14.4. The van der Waals surface area contributed by atoms with E-state index in [2.05, 4.69) is 21.2 Å². The predicted octanol–water partition coefficient (Wildman–Crippen LogP) is 1.33. The van der Waals surface area contributed by atoms with E-state index in [9.17, 15) is 14.7 Å². The molecule has 19 heavy (non-hydrogen) atoms. The number of hydrogen-bond donors (Lipinski definition) is 3. The summed E-state index contributed by atoms with van der Waals surface area (Å²) in [7, 11) is 0. The molecule has 0 aliphatic heterocycles. The highest BCUT2D eigenvalue weighted by atomic mass is 79.9. The molecule has 0 saturated carbocycles. The average Bonchev–Trinajstić information content (AvgIpc) is 2.32. The second-order valence-corrected chi connectivity index (χ2v) is 5.17. The van der Waals surface area contributed by atoms with E-state index in [4.69, 9.17) is 5.11 Å². The van der Waals surface area contributed by atoms with Gasteiger partial charge in [0.25, 0.3) is 0 Å². The van der Waals surface area contributed by atoms with E-state index in [1.54, 1.807) is 0 Å². The van der Waals surface area contributed by atoms with Crippen LogP contribution in [0, 0.1) is 0 Å². The number of benzene rings is 1. The van der Waals surface area contributed by atoms with E-state index in [-0.39, 0.29) is 6.42 Å². The summed E-state index contributed by atoms with van der Waals surface area (Å²) >= 11 is 3.34. The number of aliphatic carboxylic acids is 1. The Bertz CT molecular complexity index is 462. The first kappa shape index (κ1) is 15.7. The summed E-state index contributed by atoms with van der Waals surface area (Å²) in [6, 6.07) is 6.28. The van der Waals surface area contributed by atoms with Crippen molar-refractivity contribution in [1.29, 1.82) is 0 Å². The molecule has 3 N–H and O–H groups in total. The SMILES string of the molecule is C[C@@H](O)[C@H](NC(=O)CCc1cccc(Br)c1)C(=O)O. The fourth-order valence-corrected chi connectivity index (χ4v) is 2.03. The van der Waals surface area contributed by atoms with Crippen LogP contribution in [0.3, 0.4) is 0 Å². The number of carbonyl (C=O) groups is 2. The van der Waals surface area contributed by atoms with Gasteiger partial charge in [-0.05, 0) is 31.0 Å². The van der Waals surface area contributed by atoms with Crippen molar-refractivity contribution in [3.63, 3.8) is 0 Å². The van der Waals surface area contributed by atoms with Crippen molar-refractivity contribution in [3.8, 4) is 0 Å². The van der Waals surface area contributed by atoms with Crippen molar-refractivity contribution in [2.24, 2.45) is 0 Å². The minimum Gasteiger partial charge on any atom is -0.480 e. The van der Waals surface area contributed by atoms with Gasteiger partial charge in [-0.3, -0.25) is 4.79 Å². The van der Waals surface area contributed by atoms with Crippen LogP contribution in [0.1, 0.15) is 18.9 Å². The minimum absolute atomic E-state index is 0.174. The molecule has 0 saturated heterocycles. The van der Waals surface area contributed by atoms with Crippen molar-refractivity contribution >= 4 is 27.8 Å². The number of carboxylic acid groups (broad SMARTS) is 1. The van der Waals surface area contributed by atoms with Crippen LogP contribution in [0.2, 0.25) is 0 Å². The maximum absolute atomic E-state index is 11.6. The van der Waals surface area contributed by atoms with Crippen molar-refractivity contribution < 1.29 is 19.8 Å². The molecule has 2 atom stereocenters. The molecule has 6 heteroatoms. The Hall–Kier alpha value is -1.40. The molecular formula is C13H16BrNO4. The largest absolute Gasteiger partial charge is 0.480 e. The van der Waals surface area contributed by atoms with Gasteiger partial charge in [0.1, 0.15) is 0 Å². The van der Waals surface area contributed by atoms with E-state index in [0.29, 0.717) is 6.42 Å². The highest BCUT2D eigenvalue weighted by Gasteiger charge is 2.24. The Morgan fingerprint density at radius 1 is 1.42 bits per heavy atom. The molecule has 104 valence electrons. The summed E-state index contributed by atoms with van der Waals surface area (Å²) in [6.45, 7) is 1.33. The minimum atomic E-state index is -1.27. The fourth-order valence-electron chi connectivity index (χ4n) is 1.58. The van der Waals surface area contributed by atoms with Crippen LogP contribution in [0.4, 0.5) is 0 Å². The van der Waals surface area contributed by atoms with Gasteiger partial charge in [-0.25, -0.2) is 4.79 Å². The number of halogens is 1. The van der Waals surface area contributed by atoms with Crippen LogP contribution >= 0.6 is 15.9 Å². The highest BCUT2D eigenvalue weighted by molar-refractivity contribution is 9.10.